The highest BCUT2D eigenvalue weighted by Gasteiger charge is 2.53. The van der Waals surface area contributed by atoms with Crippen molar-refractivity contribution in [3.63, 3.8) is 0 Å². The highest BCUT2D eigenvalue weighted by molar-refractivity contribution is 7.10. The lowest BCUT2D eigenvalue weighted by atomic mass is 9.55. The van der Waals surface area contributed by atoms with Gasteiger partial charge in [-0.3, -0.25) is 4.79 Å². The average Bonchev–Trinajstić information content (AvgIpc) is 2.63. The molecule has 1 aromatic heterocycles. The third-order valence-electron chi connectivity index (χ3n) is 4.09. The standard InChI is InChI=1S/C13H18OS/c1-4-13(5-2)10(8-11(13)14)12-9(3)6-7-15-12/h6-7,10H,4-5,8H2,1-3H3. The first-order valence-electron chi connectivity index (χ1n) is 5.73. The Balaban J connectivity index is 2.33. The lowest BCUT2D eigenvalue weighted by molar-refractivity contribution is -0.141. The Hall–Kier alpha value is -0.630. The van der Waals surface area contributed by atoms with Crippen LogP contribution in [0.2, 0.25) is 0 Å². The molecule has 0 N–H and O–H groups in total. The number of aryl methyl sites for hydroxylation is 1. The van der Waals surface area contributed by atoms with Gasteiger partial charge in [-0.05, 0) is 36.8 Å². The molecule has 82 valence electrons. The molecule has 2 heteroatoms. The Morgan fingerprint density at radius 2 is 2.13 bits per heavy atom. The number of carbonyl (C=O) groups excluding carboxylic acids is 1. The molecule has 1 saturated carbocycles. The lowest BCUT2D eigenvalue weighted by Crippen LogP contribution is -2.47. The first kappa shape index (κ1) is 10.9. The van der Waals surface area contributed by atoms with Gasteiger partial charge in [-0.1, -0.05) is 13.8 Å². The summed E-state index contributed by atoms with van der Waals surface area (Å²) in [6, 6.07) is 2.17. The molecule has 0 spiro atoms. The molecule has 0 bridgehead atoms. The minimum atomic E-state index is -0.0321. The van der Waals surface area contributed by atoms with E-state index in [1.807, 2.05) is 11.3 Å². The smallest absolute Gasteiger partial charge is 0.140 e. The number of carbonyl (C=O) groups is 1. The van der Waals surface area contributed by atoms with Crippen LogP contribution < -0.4 is 0 Å². The van der Waals surface area contributed by atoms with E-state index in [1.165, 1.54) is 10.4 Å². The van der Waals surface area contributed by atoms with Crippen LogP contribution in [0.1, 0.15) is 49.5 Å². The minimum absolute atomic E-state index is 0.0321. The molecule has 1 heterocycles. The SMILES string of the molecule is CCC1(CC)C(=O)CC1c1sccc1C. The number of rotatable bonds is 3. The van der Waals surface area contributed by atoms with Crippen LogP contribution in [0.3, 0.4) is 0 Å². The summed E-state index contributed by atoms with van der Waals surface area (Å²) in [7, 11) is 0. The summed E-state index contributed by atoms with van der Waals surface area (Å²) < 4.78 is 0. The maximum Gasteiger partial charge on any atom is 0.140 e. The molecule has 1 aromatic rings. The van der Waals surface area contributed by atoms with Gasteiger partial charge in [-0.2, -0.15) is 0 Å². The van der Waals surface area contributed by atoms with E-state index >= 15 is 0 Å². The zero-order valence-corrected chi connectivity index (χ0v) is 10.5. The van der Waals surface area contributed by atoms with Crippen LogP contribution in [0.15, 0.2) is 11.4 Å². The van der Waals surface area contributed by atoms with Crippen LogP contribution in [-0.4, -0.2) is 5.78 Å². The third kappa shape index (κ3) is 1.38. The van der Waals surface area contributed by atoms with Crippen LogP contribution in [0.25, 0.3) is 0 Å². The Morgan fingerprint density at radius 3 is 2.53 bits per heavy atom. The van der Waals surface area contributed by atoms with Crippen molar-refractivity contribution in [2.24, 2.45) is 5.41 Å². The summed E-state index contributed by atoms with van der Waals surface area (Å²) in [6.45, 7) is 6.46. The number of Topliss-reactive ketones (excluding diaryl/α,β-unsaturated/α-hetero) is 1. The topological polar surface area (TPSA) is 17.1 Å². The summed E-state index contributed by atoms with van der Waals surface area (Å²) in [5.41, 5.74) is 1.33. The zero-order chi connectivity index (χ0) is 11.1. The number of hydrogen-bond donors (Lipinski definition) is 0. The van der Waals surface area contributed by atoms with Crippen LogP contribution in [0, 0.1) is 12.3 Å². The molecule has 1 unspecified atom stereocenters. The average molecular weight is 222 g/mol. The molecule has 15 heavy (non-hydrogen) atoms. The van der Waals surface area contributed by atoms with Crippen molar-refractivity contribution in [2.75, 3.05) is 0 Å². The maximum absolute atomic E-state index is 11.8. The molecule has 1 nitrogen and oxygen atoms in total. The second-order valence-corrected chi connectivity index (χ2v) is 5.46. The van der Waals surface area contributed by atoms with E-state index in [0.717, 1.165) is 19.3 Å². The van der Waals surface area contributed by atoms with Crippen LogP contribution in [0.4, 0.5) is 0 Å². The zero-order valence-electron chi connectivity index (χ0n) is 9.67. The van der Waals surface area contributed by atoms with Gasteiger partial charge < -0.3 is 0 Å². The van der Waals surface area contributed by atoms with Gasteiger partial charge in [-0.25, -0.2) is 0 Å². The Labute approximate surface area is 95.5 Å². The van der Waals surface area contributed by atoms with Gasteiger partial charge in [0.25, 0.3) is 0 Å². The van der Waals surface area contributed by atoms with E-state index in [1.54, 1.807) is 0 Å². The van der Waals surface area contributed by atoms with E-state index in [2.05, 4.69) is 32.2 Å². The van der Waals surface area contributed by atoms with Crippen molar-refractivity contribution in [1.82, 2.24) is 0 Å². The highest BCUT2D eigenvalue weighted by atomic mass is 32.1. The number of thiophene rings is 1. The first-order valence-corrected chi connectivity index (χ1v) is 6.61. The summed E-state index contributed by atoms with van der Waals surface area (Å²) >= 11 is 1.82. The van der Waals surface area contributed by atoms with Crippen molar-refractivity contribution in [2.45, 2.75) is 46.0 Å². The summed E-state index contributed by atoms with van der Waals surface area (Å²) in [4.78, 5) is 13.3. The van der Waals surface area contributed by atoms with Gasteiger partial charge in [0, 0.05) is 22.6 Å². The van der Waals surface area contributed by atoms with Gasteiger partial charge in [0.2, 0.25) is 0 Å². The molecule has 0 amide bonds. The quantitative estimate of drug-likeness (QED) is 0.757. The van der Waals surface area contributed by atoms with Crippen molar-refractivity contribution < 1.29 is 4.79 Å². The molecule has 0 aliphatic heterocycles. The molecule has 1 fully saturated rings. The predicted molar refractivity (Wildman–Crippen MR) is 64.4 cm³/mol. The van der Waals surface area contributed by atoms with Gasteiger partial charge >= 0.3 is 0 Å². The predicted octanol–water partition coefficient (Wildman–Crippen LogP) is 3.92. The maximum atomic E-state index is 11.8. The van der Waals surface area contributed by atoms with Crippen molar-refractivity contribution in [3.05, 3.63) is 21.9 Å². The second kappa shape index (κ2) is 3.75. The fraction of sp³-hybridized carbons (Fsp3) is 0.615. The van der Waals surface area contributed by atoms with E-state index in [9.17, 15) is 4.79 Å². The summed E-state index contributed by atoms with van der Waals surface area (Å²) in [5, 5.41) is 2.14. The van der Waals surface area contributed by atoms with Crippen LogP contribution in [-0.2, 0) is 4.79 Å². The monoisotopic (exact) mass is 222 g/mol. The normalized spacial score (nSPS) is 23.9. The molecular formula is C13H18OS. The van der Waals surface area contributed by atoms with Gasteiger partial charge in [0.15, 0.2) is 0 Å². The molecule has 0 aromatic carbocycles. The fourth-order valence-electron chi connectivity index (χ4n) is 2.87. The Bertz CT molecular complexity index is 374. The molecular weight excluding hydrogens is 204 g/mol. The minimum Gasteiger partial charge on any atom is -0.299 e. The summed E-state index contributed by atoms with van der Waals surface area (Å²) in [5.74, 6) is 0.977. The van der Waals surface area contributed by atoms with Crippen molar-refractivity contribution in [3.8, 4) is 0 Å². The summed E-state index contributed by atoms with van der Waals surface area (Å²) in [6.07, 6.45) is 2.75. The molecule has 0 saturated heterocycles. The highest BCUT2D eigenvalue weighted by Crippen LogP contribution is 2.56. The van der Waals surface area contributed by atoms with E-state index in [0.29, 0.717) is 11.7 Å². The van der Waals surface area contributed by atoms with Crippen molar-refractivity contribution >= 4 is 17.1 Å². The lowest BCUT2D eigenvalue weighted by Gasteiger charge is -2.47. The molecule has 1 aliphatic rings. The fourth-order valence-corrected chi connectivity index (χ4v) is 4.02. The first-order chi connectivity index (χ1) is 7.15. The second-order valence-electron chi connectivity index (χ2n) is 4.51. The van der Waals surface area contributed by atoms with E-state index < -0.39 is 0 Å². The molecule has 0 radical (unpaired) electrons. The van der Waals surface area contributed by atoms with Crippen LogP contribution in [0.5, 0.6) is 0 Å². The van der Waals surface area contributed by atoms with E-state index in [4.69, 9.17) is 0 Å². The van der Waals surface area contributed by atoms with Crippen molar-refractivity contribution in [1.29, 1.82) is 0 Å². The Morgan fingerprint density at radius 1 is 1.47 bits per heavy atom. The number of ketones is 1. The van der Waals surface area contributed by atoms with Gasteiger partial charge in [0.1, 0.15) is 5.78 Å². The van der Waals surface area contributed by atoms with Gasteiger partial charge in [-0.15, -0.1) is 11.3 Å². The largest absolute Gasteiger partial charge is 0.299 e. The molecule has 1 atom stereocenters. The molecule has 2 rings (SSSR count). The number of hydrogen-bond acceptors (Lipinski definition) is 2. The Kier molecular flexibility index (Phi) is 2.72. The van der Waals surface area contributed by atoms with E-state index in [-0.39, 0.29) is 5.41 Å². The third-order valence-corrected chi connectivity index (χ3v) is 5.22. The molecule has 1 aliphatic carbocycles. The van der Waals surface area contributed by atoms with Gasteiger partial charge in [0.05, 0.1) is 0 Å². The van der Waals surface area contributed by atoms with Crippen LogP contribution >= 0.6 is 11.3 Å².